The third kappa shape index (κ3) is 3.49. The molecule has 0 aliphatic rings. The summed E-state index contributed by atoms with van der Waals surface area (Å²) in [5.74, 6) is -0.00502. The predicted octanol–water partition coefficient (Wildman–Crippen LogP) is 2.00. The van der Waals surface area contributed by atoms with Crippen LogP contribution in [0.3, 0.4) is 0 Å². The molecule has 0 saturated heterocycles. The number of carbonyl (C=O) groups is 1. The van der Waals surface area contributed by atoms with E-state index in [-0.39, 0.29) is 23.3 Å². The first-order valence-electron chi connectivity index (χ1n) is 4.96. The summed E-state index contributed by atoms with van der Waals surface area (Å²) >= 11 is 11.7. The summed E-state index contributed by atoms with van der Waals surface area (Å²) in [5, 5.41) is 12.3. The minimum atomic E-state index is -0.705. The molecule has 0 heterocycles. The summed E-state index contributed by atoms with van der Waals surface area (Å²) in [6.45, 7) is 1.32. The zero-order valence-electron chi connectivity index (χ0n) is 9.46. The molecule has 1 aromatic carbocycles. The van der Waals surface area contributed by atoms with Gasteiger partial charge in [0.25, 0.3) is 5.91 Å². The van der Waals surface area contributed by atoms with Crippen molar-refractivity contribution < 1.29 is 14.6 Å². The number of nitrogens with one attached hydrogen (secondary N) is 1. The number of rotatable bonds is 4. The Bertz CT molecular complexity index is 423. The molecule has 6 heteroatoms. The molecule has 17 heavy (non-hydrogen) atoms. The van der Waals surface area contributed by atoms with Crippen LogP contribution in [0.15, 0.2) is 12.1 Å². The topological polar surface area (TPSA) is 58.6 Å². The summed E-state index contributed by atoms with van der Waals surface area (Å²) in [6.07, 6.45) is -0.705. The fraction of sp³-hybridized carbons (Fsp3) is 0.364. The minimum Gasteiger partial charge on any atom is -0.479 e. The molecule has 0 aliphatic heterocycles. The van der Waals surface area contributed by atoms with E-state index in [0.29, 0.717) is 10.6 Å². The Morgan fingerprint density at radius 1 is 1.53 bits per heavy atom. The first kappa shape index (κ1) is 14.1. The molecule has 1 aromatic rings. The molecule has 0 radical (unpaired) electrons. The van der Waals surface area contributed by atoms with Crippen LogP contribution < -0.4 is 10.1 Å². The smallest absolute Gasteiger partial charge is 0.260 e. The van der Waals surface area contributed by atoms with Crippen molar-refractivity contribution in [2.45, 2.75) is 19.6 Å². The van der Waals surface area contributed by atoms with Gasteiger partial charge in [0.2, 0.25) is 0 Å². The van der Waals surface area contributed by atoms with Crippen molar-refractivity contribution in [2.75, 3.05) is 7.05 Å². The second-order valence-corrected chi connectivity index (χ2v) is 4.25. The summed E-state index contributed by atoms with van der Waals surface area (Å²) in [7, 11) is 1.51. The van der Waals surface area contributed by atoms with Gasteiger partial charge in [-0.3, -0.25) is 4.79 Å². The number of amides is 1. The zero-order chi connectivity index (χ0) is 13.0. The Labute approximate surface area is 109 Å². The Balaban J connectivity index is 3.01. The summed E-state index contributed by atoms with van der Waals surface area (Å²) in [4.78, 5) is 11.3. The van der Waals surface area contributed by atoms with Gasteiger partial charge in [0, 0.05) is 17.6 Å². The lowest BCUT2D eigenvalue weighted by molar-refractivity contribution is -0.126. The standard InChI is InChI=1S/C11H13Cl2NO3/c1-6(11(16)14-2)17-10-7(5-15)3-8(12)4-9(10)13/h3-4,6,15H,5H2,1-2H3,(H,14,16). The molecule has 1 amide bonds. The third-order valence-corrected chi connectivity index (χ3v) is 2.66. The molecule has 0 aliphatic carbocycles. The van der Waals surface area contributed by atoms with E-state index in [4.69, 9.17) is 27.9 Å². The van der Waals surface area contributed by atoms with Crippen LogP contribution in [0.25, 0.3) is 0 Å². The number of ether oxygens (including phenoxy) is 1. The predicted molar refractivity (Wildman–Crippen MR) is 66.5 cm³/mol. The Morgan fingerprint density at radius 2 is 2.18 bits per heavy atom. The van der Waals surface area contributed by atoms with E-state index in [2.05, 4.69) is 5.32 Å². The van der Waals surface area contributed by atoms with Crippen molar-refractivity contribution in [3.05, 3.63) is 27.7 Å². The molecular formula is C11H13Cl2NO3. The van der Waals surface area contributed by atoms with E-state index < -0.39 is 6.10 Å². The van der Waals surface area contributed by atoms with Crippen LogP contribution in [-0.2, 0) is 11.4 Å². The highest BCUT2D eigenvalue weighted by Crippen LogP contribution is 2.33. The van der Waals surface area contributed by atoms with E-state index in [1.54, 1.807) is 13.0 Å². The number of aliphatic hydroxyl groups is 1. The molecule has 0 saturated carbocycles. The molecule has 2 N–H and O–H groups in total. The third-order valence-electron chi connectivity index (χ3n) is 2.17. The van der Waals surface area contributed by atoms with E-state index >= 15 is 0 Å². The normalized spacial score (nSPS) is 12.1. The summed E-state index contributed by atoms with van der Waals surface area (Å²) < 4.78 is 5.41. The molecule has 0 bridgehead atoms. The maximum atomic E-state index is 11.3. The van der Waals surface area contributed by atoms with Crippen LogP contribution in [0, 0.1) is 0 Å². The number of hydrogen-bond acceptors (Lipinski definition) is 3. The molecule has 1 atom stereocenters. The van der Waals surface area contributed by atoms with Crippen LogP contribution in [0.2, 0.25) is 10.0 Å². The molecule has 1 unspecified atom stereocenters. The van der Waals surface area contributed by atoms with Crippen LogP contribution in [0.4, 0.5) is 0 Å². The molecular weight excluding hydrogens is 265 g/mol. The van der Waals surface area contributed by atoms with E-state index in [0.717, 1.165) is 0 Å². The van der Waals surface area contributed by atoms with Crippen LogP contribution in [-0.4, -0.2) is 24.2 Å². The lowest BCUT2D eigenvalue weighted by Gasteiger charge is -2.17. The van der Waals surface area contributed by atoms with Crippen molar-refractivity contribution >= 4 is 29.1 Å². The number of carbonyl (C=O) groups excluding carboxylic acids is 1. The molecule has 1 rings (SSSR count). The van der Waals surface area contributed by atoms with Gasteiger partial charge in [0.05, 0.1) is 11.6 Å². The largest absolute Gasteiger partial charge is 0.479 e. The average molecular weight is 278 g/mol. The minimum absolute atomic E-state index is 0.261. The molecule has 94 valence electrons. The van der Waals surface area contributed by atoms with Gasteiger partial charge in [-0.05, 0) is 19.1 Å². The van der Waals surface area contributed by atoms with E-state index in [9.17, 15) is 9.90 Å². The maximum Gasteiger partial charge on any atom is 0.260 e. The number of aliphatic hydroxyl groups excluding tert-OH is 1. The molecule has 0 spiro atoms. The molecule has 0 aromatic heterocycles. The van der Waals surface area contributed by atoms with Gasteiger partial charge < -0.3 is 15.2 Å². The van der Waals surface area contributed by atoms with Crippen molar-refractivity contribution in [1.29, 1.82) is 0 Å². The van der Waals surface area contributed by atoms with Crippen LogP contribution in [0.5, 0.6) is 5.75 Å². The van der Waals surface area contributed by atoms with Gasteiger partial charge in [-0.25, -0.2) is 0 Å². The fourth-order valence-corrected chi connectivity index (χ4v) is 1.88. The molecule has 0 fully saturated rings. The van der Waals surface area contributed by atoms with E-state index in [1.807, 2.05) is 0 Å². The quantitative estimate of drug-likeness (QED) is 0.885. The lowest BCUT2D eigenvalue weighted by atomic mass is 10.2. The molecule has 4 nitrogen and oxygen atoms in total. The first-order valence-corrected chi connectivity index (χ1v) is 5.72. The highest BCUT2D eigenvalue weighted by Gasteiger charge is 2.17. The second-order valence-electron chi connectivity index (χ2n) is 3.41. The van der Waals surface area contributed by atoms with Crippen molar-refractivity contribution in [3.8, 4) is 5.75 Å². The summed E-state index contributed by atoms with van der Waals surface area (Å²) in [5.41, 5.74) is 0.443. The summed E-state index contributed by atoms with van der Waals surface area (Å²) in [6, 6.07) is 3.04. The highest BCUT2D eigenvalue weighted by atomic mass is 35.5. The Hall–Kier alpha value is -0.970. The van der Waals surface area contributed by atoms with Crippen LogP contribution in [0.1, 0.15) is 12.5 Å². The second kappa shape index (κ2) is 6.10. The number of likely N-dealkylation sites (N-methyl/N-ethyl adjacent to an activating group) is 1. The number of benzene rings is 1. The van der Waals surface area contributed by atoms with Gasteiger partial charge in [-0.1, -0.05) is 23.2 Å². The van der Waals surface area contributed by atoms with E-state index in [1.165, 1.54) is 13.1 Å². The van der Waals surface area contributed by atoms with Gasteiger partial charge in [-0.2, -0.15) is 0 Å². The van der Waals surface area contributed by atoms with Gasteiger partial charge in [0.15, 0.2) is 6.10 Å². The van der Waals surface area contributed by atoms with Crippen molar-refractivity contribution in [3.63, 3.8) is 0 Å². The van der Waals surface area contributed by atoms with Crippen molar-refractivity contribution in [2.24, 2.45) is 0 Å². The first-order chi connectivity index (χ1) is 7.99. The van der Waals surface area contributed by atoms with Crippen LogP contribution >= 0.6 is 23.2 Å². The lowest BCUT2D eigenvalue weighted by Crippen LogP contribution is -2.34. The monoisotopic (exact) mass is 277 g/mol. The van der Waals surface area contributed by atoms with Crippen molar-refractivity contribution in [1.82, 2.24) is 5.32 Å². The maximum absolute atomic E-state index is 11.3. The number of halogens is 2. The van der Waals surface area contributed by atoms with Gasteiger partial charge in [-0.15, -0.1) is 0 Å². The number of hydrogen-bond donors (Lipinski definition) is 2. The Morgan fingerprint density at radius 3 is 2.71 bits per heavy atom. The Kier molecular flexibility index (Phi) is 5.05. The van der Waals surface area contributed by atoms with Gasteiger partial charge in [0.1, 0.15) is 5.75 Å². The van der Waals surface area contributed by atoms with Gasteiger partial charge >= 0.3 is 0 Å². The average Bonchev–Trinajstić information content (AvgIpc) is 2.30. The fourth-order valence-electron chi connectivity index (χ4n) is 1.30. The highest BCUT2D eigenvalue weighted by molar-refractivity contribution is 6.35. The SMILES string of the molecule is CNC(=O)C(C)Oc1c(Cl)cc(Cl)cc1CO. The zero-order valence-corrected chi connectivity index (χ0v) is 11.0.